The van der Waals surface area contributed by atoms with E-state index in [1.807, 2.05) is 5.32 Å². The van der Waals surface area contributed by atoms with Gasteiger partial charge in [0.1, 0.15) is 5.69 Å². The van der Waals surface area contributed by atoms with E-state index in [2.05, 4.69) is 20.4 Å². The molecular weight excluding hydrogens is 296 g/mol. The van der Waals surface area contributed by atoms with Crippen molar-refractivity contribution < 1.29 is 22.3 Å². The fourth-order valence-electron chi connectivity index (χ4n) is 1.36. The van der Waals surface area contributed by atoms with Crippen molar-refractivity contribution in [2.75, 3.05) is 17.9 Å². The van der Waals surface area contributed by atoms with E-state index < -0.39 is 34.9 Å². The Morgan fingerprint density at radius 2 is 1.57 bits per heavy atom. The summed E-state index contributed by atoms with van der Waals surface area (Å²) >= 11 is 0. The number of nitrogens with zero attached hydrogens (tertiary/aromatic N) is 3. The smallest absolute Gasteiger partial charge is 0.322 e. The van der Waals surface area contributed by atoms with Gasteiger partial charge in [-0.25, -0.2) is 23.4 Å². The number of ether oxygens (including phenoxy) is 1. The average molecular weight is 304 g/mol. The van der Waals surface area contributed by atoms with Gasteiger partial charge in [-0.15, -0.1) is 0 Å². The summed E-state index contributed by atoms with van der Waals surface area (Å²) in [5.74, 6) is -1.94. The molecule has 1 aromatic heterocycles. The number of nitrogens with one attached hydrogen (secondary N) is 2. The SMILES string of the molecule is COc1nc(NN)nc(Nc2c(F)c(F)cc(F)c2F)n1. The number of hydrazine groups is 1. The molecule has 0 aliphatic carbocycles. The summed E-state index contributed by atoms with van der Waals surface area (Å²) in [4.78, 5) is 10.9. The summed E-state index contributed by atoms with van der Waals surface area (Å²) < 4.78 is 57.9. The summed E-state index contributed by atoms with van der Waals surface area (Å²) in [6, 6.07) is -0.158. The Labute approximate surface area is 115 Å². The second-order valence-corrected chi connectivity index (χ2v) is 3.58. The lowest BCUT2D eigenvalue weighted by molar-refractivity contribution is 0.379. The quantitative estimate of drug-likeness (QED) is 0.340. The first kappa shape index (κ1) is 14.7. The van der Waals surface area contributed by atoms with E-state index in [1.54, 1.807) is 0 Å². The molecule has 0 saturated heterocycles. The van der Waals surface area contributed by atoms with Gasteiger partial charge in [0.05, 0.1) is 7.11 Å². The molecule has 0 unspecified atom stereocenters. The lowest BCUT2D eigenvalue weighted by Gasteiger charge is -2.10. The highest BCUT2D eigenvalue weighted by atomic mass is 19.2. The molecule has 0 radical (unpaired) electrons. The van der Waals surface area contributed by atoms with Gasteiger partial charge in [-0.05, 0) is 0 Å². The average Bonchev–Trinajstić information content (AvgIpc) is 2.49. The van der Waals surface area contributed by atoms with E-state index in [9.17, 15) is 17.6 Å². The second kappa shape index (κ2) is 5.75. The zero-order valence-corrected chi connectivity index (χ0v) is 10.4. The Morgan fingerprint density at radius 1 is 1.00 bits per heavy atom. The number of rotatable bonds is 4. The van der Waals surface area contributed by atoms with Crippen LogP contribution in [0.2, 0.25) is 0 Å². The Balaban J connectivity index is 2.47. The highest BCUT2D eigenvalue weighted by Crippen LogP contribution is 2.26. The first-order valence-corrected chi connectivity index (χ1v) is 5.33. The molecule has 0 atom stereocenters. The molecule has 0 fully saturated rings. The molecule has 0 aliphatic rings. The number of nitrogen functional groups attached to an aromatic ring is 1. The number of hydrogen-bond donors (Lipinski definition) is 3. The lowest BCUT2D eigenvalue weighted by Crippen LogP contribution is -2.14. The molecule has 0 aliphatic heterocycles. The van der Waals surface area contributed by atoms with Crippen molar-refractivity contribution in [3.8, 4) is 6.01 Å². The van der Waals surface area contributed by atoms with Crippen LogP contribution in [0.25, 0.3) is 0 Å². The molecule has 0 saturated carbocycles. The van der Waals surface area contributed by atoms with Crippen molar-refractivity contribution in [1.29, 1.82) is 0 Å². The largest absolute Gasteiger partial charge is 0.467 e. The van der Waals surface area contributed by atoms with Crippen LogP contribution in [0.3, 0.4) is 0 Å². The summed E-state index contributed by atoms with van der Waals surface area (Å²) in [5, 5.41) is 2.00. The van der Waals surface area contributed by atoms with Crippen molar-refractivity contribution in [2.24, 2.45) is 5.84 Å². The minimum atomic E-state index is -1.63. The molecule has 112 valence electrons. The van der Waals surface area contributed by atoms with E-state index in [4.69, 9.17) is 10.6 Å². The molecule has 1 heterocycles. The molecule has 4 N–H and O–H groups in total. The van der Waals surface area contributed by atoms with Crippen molar-refractivity contribution >= 4 is 17.6 Å². The number of methoxy groups -OCH3 is 1. The third kappa shape index (κ3) is 2.91. The Kier molecular flexibility index (Phi) is 4.03. The molecular formula is C10H8F4N6O. The fourth-order valence-corrected chi connectivity index (χ4v) is 1.36. The predicted molar refractivity (Wildman–Crippen MR) is 63.7 cm³/mol. The maximum absolute atomic E-state index is 13.5. The van der Waals surface area contributed by atoms with Gasteiger partial charge in [0.2, 0.25) is 11.9 Å². The van der Waals surface area contributed by atoms with E-state index in [1.165, 1.54) is 7.11 Å². The van der Waals surface area contributed by atoms with Gasteiger partial charge in [0.15, 0.2) is 23.3 Å². The number of halogens is 4. The van der Waals surface area contributed by atoms with Crippen LogP contribution in [-0.4, -0.2) is 22.1 Å². The van der Waals surface area contributed by atoms with Crippen molar-refractivity contribution in [1.82, 2.24) is 15.0 Å². The Bertz CT molecular complexity index is 635. The normalized spacial score (nSPS) is 10.4. The maximum Gasteiger partial charge on any atom is 0.322 e. The number of aromatic nitrogens is 3. The summed E-state index contributed by atoms with van der Waals surface area (Å²) in [7, 11) is 1.22. The summed E-state index contributed by atoms with van der Waals surface area (Å²) in [6.45, 7) is 0. The van der Waals surface area contributed by atoms with Gasteiger partial charge in [-0.1, -0.05) is 0 Å². The maximum atomic E-state index is 13.5. The van der Waals surface area contributed by atoms with Gasteiger partial charge >= 0.3 is 6.01 Å². The highest BCUT2D eigenvalue weighted by Gasteiger charge is 2.20. The Hall–Kier alpha value is -2.69. The molecule has 21 heavy (non-hydrogen) atoms. The third-order valence-corrected chi connectivity index (χ3v) is 2.28. The van der Waals surface area contributed by atoms with Gasteiger partial charge in [0, 0.05) is 6.07 Å². The number of hydrogen-bond acceptors (Lipinski definition) is 7. The van der Waals surface area contributed by atoms with Crippen LogP contribution in [0, 0.1) is 23.3 Å². The van der Waals surface area contributed by atoms with Crippen molar-refractivity contribution in [3.63, 3.8) is 0 Å². The summed E-state index contributed by atoms with van der Waals surface area (Å²) in [6.07, 6.45) is 0. The van der Waals surface area contributed by atoms with Gasteiger partial charge < -0.3 is 10.1 Å². The van der Waals surface area contributed by atoms with Gasteiger partial charge in [-0.3, -0.25) is 5.43 Å². The van der Waals surface area contributed by atoms with Gasteiger partial charge in [-0.2, -0.15) is 15.0 Å². The van der Waals surface area contributed by atoms with Crippen molar-refractivity contribution in [2.45, 2.75) is 0 Å². The standard InChI is InChI=1S/C10H8F4N6O/c1-21-10-18-8(17-9(19-10)20-15)16-7-5(13)3(11)2-4(12)6(7)14/h2H,15H2,1H3,(H2,16,17,18,19,20). The van der Waals surface area contributed by atoms with E-state index in [-0.39, 0.29) is 18.0 Å². The minimum absolute atomic E-state index is 0.0801. The predicted octanol–water partition coefficient (Wildman–Crippen LogP) is 1.47. The fraction of sp³-hybridized carbons (Fsp3) is 0.100. The number of anilines is 3. The molecule has 1 aromatic carbocycles. The van der Waals surface area contributed by atoms with Crippen LogP contribution < -0.4 is 21.3 Å². The topological polar surface area (TPSA) is 98.0 Å². The third-order valence-electron chi connectivity index (χ3n) is 2.28. The highest BCUT2D eigenvalue weighted by molar-refractivity contribution is 5.56. The van der Waals surface area contributed by atoms with Crippen LogP contribution in [0.4, 0.5) is 35.1 Å². The monoisotopic (exact) mass is 304 g/mol. The zero-order chi connectivity index (χ0) is 15.6. The van der Waals surface area contributed by atoms with Crippen LogP contribution in [0.5, 0.6) is 6.01 Å². The van der Waals surface area contributed by atoms with Crippen LogP contribution in [-0.2, 0) is 0 Å². The number of benzene rings is 1. The van der Waals surface area contributed by atoms with E-state index in [0.29, 0.717) is 0 Å². The van der Waals surface area contributed by atoms with E-state index in [0.717, 1.165) is 0 Å². The molecule has 0 amide bonds. The molecule has 2 rings (SSSR count). The minimum Gasteiger partial charge on any atom is -0.467 e. The summed E-state index contributed by atoms with van der Waals surface area (Å²) in [5.41, 5.74) is 0.968. The molecule has 11 heteroatoms. The lowest BCUT2D eigenvalue weighted by atomic mass is 10.2. The second-order valence-electron chi connectivity index (χ2n) is 3.58. The first-order chi connectivity index (χ1) is 9.96. The Morgan fingerprint density at radius 3 is 2.10 bits per heavy atom. The molecule has 0 spiro atoms. The molecule has 0 bridgehead atoms. The van der Waals surface area contributed by atoms with E-state index >= 15 is 0 Å². The van der Waals surface area contributed by atoms with Crippen molar-refractivity contribution in [3.05, 3.63) is 29.3 Å². The first-order valence-electron chi connectivity index (χ1n) is 5.33. The zero-order valence-electron chi connectivity index (χ0n) is 10.4. The molecule has 7 nitrogen and oxygen atoms in total. The van der Waals surface area contributed by atoms with Crippen LogP contribution >= 0.6 is 0 Å². The van der Waals surface area contributed by atoms with Crippen LogP contribution in [0.1, 0.15) is 0 Å². The van der Waals surface area contributed by atoms with Gasteiger partial charge in [0.25, 0.3) is 0 Å². The molecule has 2 aromatic rings. The van der Waals surface area contributed by atoms with Crippen LogP contribution in [0.15, 0.2) is 6.07 Å². The number of nitrogens with two attached hydrogens (primary N) is 1.